The molecule has 0 aromatic heterocycles. The van der Waals surface area contributed by atoms with Crippen LogP contribution >= 0.6 is 7.60 Å². The second-order valence-corrected chi connectivity index (χ2v) is 5.40. The van der Waals surface area contributed by atoms with E-state index in [1.165, 1.54) is 0 Å². The lowest BCUT2D eigenvalue weighted by atomic mass is 10.5. The van der Waals surface area contributed by atoms with Gasteiger partial charge in [-0.1, -0.05) is 6.08 Å². The molecule has 0 aromatic rings. The second kappa shape index (κ2) is 5.58. The highest BCUT2D eigenvalue weighted by Gasteiger charge is 2.25. The Hall–Kier alpha value is -0.110. The second-order valence-electron chi connectivity index (χ2n) is 3.39. The van der Waals surface area contributed by atoms with E-state index in [1.54, 1.807) is 6.08 Å². The van der Waals surface area contributed by atoms with Gasteiger partial charge in [0.1, 0.15) is 0 Å². The molecule has 78 valence electrons. The molecule has 3 nitrogen and oxygen atoms in total. The molecular weight excluding hydrogens is 187 g/mol. The summed E-state index contributed by atoms with van der Waals surface area (Å²) in [4.78, 5) is 0. The first-order valence-corrected chi connectivity index (χ1v) is 6.19. The van der Waals surface area contributed by atoms with Gasteiger partial charge in [-0.2, -0.15) is 0 Å². The van der Waals surface area contributed by atoms with E-state index in [0.717, 1.165) is 0 Å². The van der Waals surface area contributed by atoms with Gasteiger partial charge in [0.05, 0.1) is 18.4 Å². The maximum absolute atomic E-state index is 11.9. The smallest absolute Gasteiger partial charge is 0.306 e. The van der Waals surface area contributed by atoms with E-state index in [-0.39, 0.29) is 18.4 Å². The minimum atomic E-state index is -2.95. The van der Waals surface area contributed by atoms with E-state index in [2.05, 4.69) is 6.58 Å². The predicted octanol–water partition coefficient (Wildman–Crippen LogP) is 3.22. The maximum Gasteiger partial charge on any atom is 0.334 e. The van der Waals surface area contributed by atoms with Crippen LogP contribution in [0.4, 0.5) is 0 Å². The third kappa shape index (κ3) is 6.03. The van der Waals surface area contributed by atoms with E-state index in [9.17, 15) is 4.57 Å². The maximum atomic E-state index is 11.9. The fraction of sp³-hybridized carbons (Fsp3) is 0.778. The average molecular weight is 206 g/mol. The lowest BCUT2D eigenvalue weighted by Gasteiger charge is -2.21. The Morgan fingerprint density at radius 1 is 1.23 bits per heavy atom. The molecule has 0 saturated carbocycles. The average Bonchev–Trinajstić information content (AvgIpc) is 1.81. The number of rotatable bonds is 6. The number of hydrogen-bond acceptors (Lipinski definition) is 3. The molecule has 0 unspecified atom stereocenters. The summed E-state index contributed by atoms with van der Waals surface area (Å²) >= 11 is 0. The summed E-state index contributed by atoms with van der Waals surface area (Å²) in [5.74, 6) is 0. The van der Waals surface area contributed by atoms with Gasteiger partial charge in [-0.25, -0.2) is 0 Å². The molecule has 0 aliphatic rings. The molecule has 0 rings (SSSR count). The van der Waals surface area contributed by atoms with Crippen LogP contribution in [0.2, 0.25) is 0 Å². The van der Waals surface area contributed by atoms with Gasteiger partial charge in [0.2, 0.25) is 0 Å². The van der Waals surface area contributed by atoms with Crippen LogP contribution in [0.5, 0.6) is 0 Å². The van der Waals surface area contributed by atoms with E-state index in [1.807, 2.05) is 27.7 Å². The molecule has 0 heterocycles. The van der Waals surface area contributed by atoms with Crippen molar-refractivity contribution in [3.8, 4) is 0 Å². The van der Waals surface area contributed by atoms with Gasteiger partial charge < -0.3 is 9.05 Å². The molecule has 0 amide bonds. The van der Waals surface area contributed by atoms with E-state index in [0.29, 0.717) is 0 Å². The lowest BCUT2D eigenvalue weighted by Crippen LogP contribution is -2.09. The molecule has 0 radical (unpaired) electrons. The van der Waals surface area contributed by atoms with Crippen molar-refractivity contribution in [3.63, 3.8) is 0 Å². The van der Waals surface area contributed by atoms with E-state index in [4.69, 9.17) is 9.05 Å². The SMILES string of the molecule is C=CCP(=O)(OC(C)C)OC(C)C. The molecule has 0 saturated heterocycles. The Morgan fingerprint density at radius 2 is 1.62 bits per heavy atom. The van der Waals surface area contributed by atoms with Gasteiger partial charge in [-0.15, -0.1) is 6.58 Å². The molecule has 4 heteroatoms. The standard InChI is InChI=1S/C9H19O3P/c1-6-7-13(10,11-8(2)3)12-9(4)5/h6,8-9H,1,7H2,2-5H3. The summed E-state index contributed by atoms with van der Waals surface area (Å²) in [6, 6.07) is 0. The van der Waals surface area contributed by atoms with Crippen LogP contribution in [-0.2, 0) is 13.6 Å². The van der Waals surface area contributed by atoms with Crippen LogP contribution in [0.25, 0.3) is 0 Å². The molecular formula is C9H19O3P. The highest BCUT2D eigenvalue weighted by atomic mass is 31.2. The molecule has 0 N–H and O–H groups in total. The molecule has 0 aromatic carbocycles. The van der Waals surface area contributed by atoms with E-state index < -0.39 is 7.60 Å². The molecule has 0 aliphatic heterocycles. The molecule has 0 atom stereocenters. The fourth-order valence-corrected chi connectivity index (χ4v) is 2.73. The molecule has 13 heavy (non-hydrogen) atoms. The Kier molecular flexibility index (Phi) is 5.54. The van der Waals surface area contributed by atoms with Crippen molar-refractivity contribution < 1.29 is 13.6 Å². The van der Waals surface area contributed by atoms with Gasteiger partial charge in [0, 0.05) is 0 Å². The molecule has 0 aliphatic carbocycles. The van der Waals surface area contributed by atoms with Crippen molar-refractivity contribution in [3.05, 3.63) is 12.7 Å². The number of allylic oxidation sites excluding steroid dienone is 1. The van der Waals surface area contributed by atoms with Gasteiger partial charge >= 0.3 is 7.60 Å². The zero-order valence-electron chi connectivity index (χ0n) is 8.82. The first kappa shape index (κ1) is 12.9. The van der Waals surface area contributed by atoms with Crippen LogP contribution in [-0.4, -0.2) is 18.4 Å². The first-order chi connectivity index (χ1) is 5.89. The zero-order valence-corrected chi connectivity index (χ0v) is 9.71. The number of hydrogen-bond donors (Lipinski definition) is 0. The Bertz CT molecular complexity index is 185. The quantitative estimate of drug-likeness (QED) is 0.494. The van der Waals surface area contributed by atoms with Gasteiger partial charge in [0.25, 0.3) is 0 Å². The van der Waals surface area contributed by atoms with Gasteiger partial charge in [-0.05, 0) is 27.7 Å². The molecule has 0 bridgehead atoms. The van der Waals surface area contributed by atoms with Gasteiger partial charge in [0.15, 0.2) is 0 Å². The van der Waals surface area contributed by atoms with Crippen LogP contribution in [0.3, 0.4) is 0 Å². The van der Waals surface area contributed by atoms with Crippen LogP contribution in [0, 0.1) is 0 Å². The highest BCUT2D eigenvalue weighted by molar-refractivity contribution is 7.54. The third-order valence-corrected chi connectivity index (χ3v) is 3.29. The van der Waals surface area contributed by atoms with E-state index >= 15 is 0 Å². The third-order valence-electron chi connectivity index (χ3n) is 1.10. The Morgan fingerprint density at radius 3 is 1.85 bits per heavy atom. The Balaban J connectivity index is 4.33. The topological polar surface area (TPSA) is 35.5 Å². The summed E-state index contributed by atoms with van der Waals surface area (Å²) in [6.45, 7) is 10.9. The van der Waals surface area contributed by atoms with Gasteiger partial charge in [-0.3, -0.25) is 4.57 Å². The first-order valence-electron chi connectivity index (χ1n) is 4.46. The predicted molar refractivity (Wildman–Crippen MR) is 55.1 cm³/mol. The monoisotopic (exact) mass is 206 g/mol. The zero-order chi connectivity index (χ0) is 10.5. The van der Waals surface area contributed by atoms with Crippen molar-refractivity contribution in [2.24, 2.45) is 0 Å². The Labute approximate surface area is 80.7 Å². The van der Waals surface area contributed by atoms with Crippen molar-refractivity contribution >= 4 is 7.60 Å². The normalized spacial score (nSPS) is 12.5. The highest BCUT2D eigenvalue weighted by Crippen LogP contribution is 2.50. The largest absolute Gasteiger partial charge is 0.334 e. The summed E-state index contributed by atoms with van der Waals surface area (Å²) in [7, 11) is -2.95. The summed E-state index contributed by atoms with van der Waals surface area (Å²) in [5, 5.41) is 0. The fourth-order valence-electron chi connectivity index (χ4n) is 0.911. The minimum Gasteiger partial charge on any atom is -0.306 e. The summed E-state index contributed by atoms with van der Waals surface area (Å²) in [5.41, 5.74) is 0. The minimum absolute atomic E-state index is 0.0930. The van der Waals surface area contributed by atoms with Crippen molar-refractivity contribution in [1.82, 2.24) is 0 Å². The summed E-state index contributed by atoms with van der Waals surface area (Å²) < 4.78 is 22.4. The summed E-state index contributed by atoms with van der Waals surface area (Å²) in [6.07, 6.45) is 1.64. The van der Waals surface area contributed by atoms with Crippen LogP contribution in [0.15, 0.2) is 12.7 Å². The molecule has 0 fully saturated rings. The van der Waals surface area contributed by atoms with Crippen LogP contribution < -0.4 is 0 Å². The van der Waals surface area contributed by atoms with Crippen molar-refractivity contribution in [1.29, 1.82) is 0 Å². The van der Waals surface area contributed by atoms with Crippen LogP contribution in [0.1, 0.15) is 27.7 Å². The van der Waals surface area contributed by atoms with Crippen molar-refractivity contribution in [2.75, 3.05) is 6.16 Å². The lowest BCUT2D eigenvalue weighted by molar-refractivity contribution is 0.144. The van der Waals surface area contributed by atoms with Crippen molar-refractivity contribution in [2.45, 2.75) is 39.9 Å². The molecule has 0 spiro atoms.